The van der Waals surface area contributed by atoms with Gasteiger partial charge in [0, 0.05) is 25.1 Å². The van der Waals surface area contributed by atoms with Crippen LogP contribution in [0, 0.1) is 6.92 Å². The van der Waals surface area contributed by atoms with Gasteiger partial charge in [-0.3, -0.25) is 4.98 Å². The average molecular weight is 398 g/mol. The number of amides is 2. The van der Waals surface area contributed by atoms with Gasteiger partial charge in [-0.05, 0) is 40.2 Å². The summed E-state index contributed by atoms with van der Waals surface area (Å²) < 4.78 is 7.86. The van der Waals surface area contributed by atoms with E-state index >= 15 is 0 Å². The Bertz CT molecular complexity index is 1010. The van der Waals surface area contributed by atoms with Crippen LogP contribution in [0.2, 0.25) is 0 Å². The summed E-state index contributed by atoms with van der Waals surface area (Å²) in [7, 11) is 0. The summed E-state index contributed by atoms with van der Waals surface area (Å²) in [6, 6.07) is 7.94. The minimum Gasteiger partial charge on any atom is -0.374 e. The standard InChI is InChI=1S/C22H31N5O2/c1-6-12-23-21(28)26-22(4,5)14-27-18(13-29-7-2)25-19-15(3)24-17-11-9-8-10-16(17)20(19)27/h8-11H,6-7,12-14H2,1-5H3,(H2,23,26,28). The van der Waals surface area contributed by atoms with Crippen molar-refractivity contribution in [1.82, 2.24) is 25.2 Å². The van der Waals surface area contributed by atoms with Crippen molar-refractivity contribution < 1.29 is 9.53 Å². The molecule has 7 nitrogen and oxygen atoms in total. The normalized spacial score (nSPS) is 11.9. The zero-order valence-electron chi connectivity index (χ0n) is 18.0. The molecule has 2 aromatic heterocycles. The zero-order chi connectivity index (χ0) is 21.0. The van der Waals surface area contributed by atoms with Gasteiger partial charge in [-0.2, -0.15) is 0 Å². The predicted molar refractivity (Wildman–Crippen MR) is 116 cm³/mol. The van der Waals surface area contributed by atoms with E-state index in [0.717, 1.165) is 39.9 Å². The van der Waals surface area contributed by atoms with Crippen LogP contribution in [0.1, 0.15) is 45.6 Å². The molecule has 0 atom stereocenters. The number of carbonyl (C=O) groups excluding carboxylic acids is 1. The highest BCUT2D eigenvalue weighted by atomic mass is 16.5. The first kappa shape index (κ1) is 21.0. The fourth-order valence-corrected chi connectivity index (χ4v) is 3.53. The monoisotopic (exact) mass is 397 g/mol. The third-order valence-corrected chi connectivity index (χ3v) is 4.81. The van der Waals surface area contributed by atoms with Crippen molar-refractivity contribution in [1.29, 1.82) is 0 Å². The molecule has 156 valence electrons. The fraction of sp³-hybridized carbons (Fsp3) is 0.500. The average Bonchev–Trinajstić information content (AvgIpc) is 3.03. The van der Waals surface area contributed by atoms with E-state index in [-0.39, 0.29) is 6.03 Å². The predicted octanol–water partition coefficient (Wildman–Crippen LogP) is 3.92. The number of nitrogens with one attached hydrogen (secondary N) is 2. The summed E-state index contributed by atoms with van der Waals surface area (Å²) in [4.78, 5) is 21.8. The van der Waals surface area contributed by atoms with Crippen LogP contribution < -0.4 is 10.6 Å². The Morgan fingerprint density at radius 1 is 1.21 bits per heavy atom. The minimum absolute atomic E-state index is 0.157. The van der Waals surface area contributed by atoms with E-state index in [1.165, 1.54) is 0 Å². The summed E-state index contributed by atoms with van der Waals surface area (Å²) >= 11 is 0. The highest BCUT2D eigenvalue weighted by molar-refractivity contribution is 6.03. The number of pyridine rings is 1. The molecule has 3 rings (SSSR count). The van der Waals surface area contributed by atoms with Crippen molar-refractivity contribution in [3.63, 3.8) is 0 Å². The van der Waals surface area contributed by atoms with Crippen molar-refractivity contribution >= 4 is 28.0 Å². The maximum atomic E-state index is 12.3. The molecule has 0 saturated carbocycles. The number of para-hydroxylation sites is 1. The van der Waals surface area contributed by atoms with Crippen LogP contribution in [0.15, 0.2) is 24.3 Å². The van der Waals surface area contributed by atoms with Crippen LogP contribution in [0.25, 0.3) is 21.9 Å². The third-order valence-electron chi connectivity index (χ3n) is 4.81. The molecule has 0 radical (unpaired) electrons. The zero-order valence-corrected chi connectivity index (χ0v) is 18.0. The molecular formula is C22H31N5O2. The maximum absolute atomic E-state index is 12.3. The molecule has 0 fully saturated rings. The van der Waals surface area contributed by atoms with E-state index in [1.807, 2.05) is 52.8 Å². The third kappa shape index (κ3) is 4.67. The minimum atomic E-state index is -0.481. The second-order valence-corrected chi connectivity index (χ2v) is 7.93. The van der Waals surface area contributed by atoms with Crippen LogP contribution in [-0.2, 0) is 17.9 Å². The van der Waals surface area contributed by atoms with Crippen LogP contribution in [0.5, 0.6) is 0 Å². The summed E-state index contributed by atoms with van der Waals surface area (Å²) in [6.07, 6.45) is 0.900. The fourth-order valence-electron chi connectivity index (χ4n) is 3.53. The Morgan fingerprint density at radius 3 is 2.69 bits per heavy atom. The van der Waals surface area contributed by atoms with E-state index < -0.39 is 5.54 Å². The van der Waals surface area contributed by atoms with Gasteiger partial charge in [-0.1, -0.05) is 25.1 Å². The number of aromatic nitrogens is 3. The summed E-state index contributed by atoms with van der Waals surface area (Å²) in [5, 5.41) is 7.02. The van der Waals surface area contributed by atoms with E-state index in [4.69, 9.17) is 14.7 Å². The number of carbonyl (C=O) groups is 1. The highest BCUT2D eigenvalue weighted by Crippen LogP contribution is 2.28. The first-order valence-electron chi connectivity index (χ1n) is 10.2. The van der Waals surface area contributed by atoms with Gasteiger partial charge < -0.3 is 19.9 Å². The van der Waals surface area contributed by atoms with Gasteiger partial charge in [0.05, 0.1) is 22.3 Å². The van der Waals surface area contributed by atoms with Crippen molar-refractivity contribution in [3.8, 4) is 0 Å². The van der Waals surface area contributed by atoms with E-state index in [2.05, 4.69) is 21.3 Å². The molecule has 2 heterocycles. The molecule has 0 aliphatic carbocycles. The van der Waals surface area contributed by atoms with Crippen molar-refractivity contribution in [2.24, 2.45) is 0 Å². The number of nitrogens with zero attached hydrogens (tertiary/aromatic N) is 3. The first-order valence-corrected chi connectivity index (χ1v) is 10.2. The number of rotatable bonds is 8. The molecule has 2 N–H and O–H groups in total. The maximum Gasteiger partial charge on any atom is 0.315 e. The van der Waals surface area contributed by atoms with E-state index in [0.29, 0.717) is 26.3 Å². The van der Waals surface area contributed by atoms with Crippen LogP contribution in [-0.4, -0.2) is 39.3 Å². The molecule has 0 unspecified atom stereocenters. The molecule has 2 amide bonds. The van der Waals surface area contributed by atoms with Gasteiger partial charge >= 0.3 is 6.03 Å². The van der Waals surface area contributed by atoms with E-state index in [1.54, 1.807) is 0 Å². The summed E-state index contributed by atoms with van der Waals surface area (Å²) in [6.45, 7) is 12.3. The molecule has 0 spiro atoms. The quantitative estimate of drug-likeness (QED) is 0.604. The number of ether oxygens (including phenoxy) is 1. The Kier molecular flexibility index (Phi) is 6.37. The Labute approximate surface area is 171 Å². The van der Waals surface area contributed by atoms with Gasteiger partial charge in [-0.15, -0.1) is 0 Å². The lowest BCUT2D eigenvalue weighted by molar-refractivity contribution is 0.124. The topological polar surface area (TPSA) is 81.1 Å². The Morgan fingerprint density at radius 2 is 1.97 bits per heavy atom. The highest BCUT2D eigenvalue weighted by Gasteiger charge is 2.25. The second-order valence-electron chi connectivity index (χ2n) is 7.93. The summed E-state index contributed by atoms with van der Waals surface area (Å²) in [5.41, 5.74) is 3.26. The lowest BCUT2D eigenvalue weighted by Gasteiger charge is -2.28. The molecule has 0 saturated heterocycles. The van der Waals surface area contributed by atoms with E-state index in [9.17, 15) is 4.79 Å². The number of hydrogen-bond acceptors (Lipinski definition) is 4. The molecule has 1 aromatic carbocycles. The van der Waals surface area contributed by atoms with Crippen molar-refractivity contribution in [2.45, 2.75) is 59.7 Å². The molecule has 7 heteroatoms. The number of benzene rings is 1. The van der Waals surface area contributed by atoms with Crippen molar-refractivity contribution in [2.75, 3.05) is 13.2 Å². The Balaban J connectivity index is 2.07. The smallest absolute Gasteiger partial charge is 0.315 e. The number of hydrogen-bond donors (Lipinski definition) is 2. The van der Waals surface area contributed by atoms with Crippen LogP contribution in [0.4, 0.5) is 4.79 Å². The van der Waals surface area contributed by atoms with Crippen LogP contribution in [0.3, 0.4) is 0 Å². The van der Waals surface area contributed by atoms with Gasteiger partial charge in [-0.25, -0.2) is 9.78 Å². The number of fused-ring (bicyclic) bond motifs is 3. The Hall–Kier alpha value is -2.67. The number of urea groups is 1. The lowest BCUT2D eigenvalue weighted by atomic mass is 10.1. The van der Waals surface area contributed by atoms with Crippen LogP contribution >= 0.6 is 0 Å². The van der Waals surface area contributed by atoms with Gasteiger partial charge in [0.2, 0.25) is 0 Å². The molecule has 0 aliphatic heterocycles. The molecule has 0 aliphatic rings. The lowest BCUT2D eigenvalue weighted by Crippen LogP contribution is -2.50. The largest absolute Gasteiger partial charge is 0.374 e. The molecule has 0 bridgehead atoms. The second kappa shape index (κ2) is 8.78. The SMILES string of the molecule is CCCNC(=O)NC(C)(C)Cn1c(COCC)nc2c(C)nc3ccccc3c21. The number of aryl methyl sites for hydroxylation is 1. The molecule has 29 heavy (non-hydrogen) atoms. The van der Waals surface area contributed by atoms with Gasteiger partial charge in [0.1, 0.15) is 17.9 Å². The summed E-state index contributed by atoms with van der Waals surface area (Å²) in [5.74, 6) is 0.840. The van der Waals surface area contributed by atoms with Gasteiger partial charge in [0.15, 0.2) is 0 Å². The number of imidazole rings is 1. The molecule has 3 aromatic rings. The van der Waals surface area contributed by atoms with Crippen molar-refractivity contribution in [3.05, 3.63) is 35.8 Å². The first-order chi connectivity index (χ1) is 13.9. The van der Waals surface area contributed by atoms with Gasteiger partial charge in [0.25, 0.3) is 0 Å². The molecular weight excluding hydrogens is 366 g/mol.